The van der Waals surface area contributed by atoms with Crippen LogP contribution in [0.5, 0.6) is 0 Å². The van der Waals surface area contributed by atoms with Gasteiger partial charge in [0.1, 0.15) is 5.82 Å². The van der Waals surface area contributed by atoms with E-state index < -0.39 is 5.82 Å². The Morgan fingerprint density at radius 2 is 2.21 bits per heavy atom. The monoisotopic (exact) mass is 282 g/mol. The van der Waals surface area contributed by atoms with Crippen molar-refractivity contribution in [3.63, 3.8) is 0 Å². The van der Waals surface area contributed by atoms with E-state index in [1.165, 1.54) is 24.9 Å². The minimum Gasteiger partial charge on any atom is -0.469 e. The van der Waals surface area contributed by atoms with Crippen LogP contribution >= 0.6 is 11.8 Å². The quantitative estimate of drug-likeness (QED) is 0.620. The molecule has 1 heterocycles. The maximum atomic E-state index is 13.5. The number of benzene rings is 1. The van der Waals surface area contributed by atoms with Crippen molar-refractivity contribution >= 4 is 17.7 Å². The van der Waals surface area contributed by atoms with Crippen LogP contribution in [-0.2, 0) is 9.53 Å². The maximum absolute atomic E-state index is 13.5. The third kappa shape index (κ3) is 3.54. The second-order valence-electron chi connectivity index (χ2n) is 3.53. The van der Waals surface area contributed by atoms with Gasteiger partial charge in [0.2, 0.25) is 0 Å². The van der Waals surface area contributed by atoms with Crippen LogP contribution < -0.4 is 0 Å². The molecule has 0 saturated carbocycles. The minimum absolute atomic E-state index is 0.124. The average molecular weight is 282 g/mol. The number of thioether (sulfide) groups is 1. The Hall–Kier alpha value is -1.89. The summed E-state index contributed by atoms with van der Waals surface area (Å²) in [5, 5.41) is 7.85. The molecule has 0 unspecified atom stereocenters. The van der Waals surface area contributed by atoms with Gasteiger partial charge in [-0.1, -0.05) is 23.9 Å². The van der Waals surface area contributed by atoms with Crippen molar-refractivity contribution in [2.75, 3.05) is 12.9 Å². The molecule has 1 aromatic heterocycles. The SMILES string of the molecule is COC(=O)CCSc1nnc(-c2ccccc2F)o1. The Morgan fingerprint density at radius 3 is 2.95 bits per heavy atom. The van der Waals surface area contributed by atoms with Crippen LogP contribution in [0, 0.1) is 5.82 Å². The number of ether oxygens (including phenoxy) is 1. The maximum Gasteiger partial charge on any atom is 0.306 e. The molecule has 0 fully saturated rings. The standard InChI is InChI=1S/C12H11FN2O3S/c1-17-10(16)6-7-19-12-15-14-11(18-12)8-4-2-3-5-9(8)13/h2-5H,6-7H2,1H3. The van der Waals surface area contributed by atoms with Crippen molar-refractivity contribution in [3.8, 4) is 11.5 Å². The van der Waals surface area contributed by atoms with Gasteiger partial charge in [0.05, 0.1) is 19.1 Å². The number of esters is 1. The lowest BCUT2D eigenvalue weighted by Crippen LogP contribution is -2.00. The predicted octanol–water partition coefficient (Wildman–Crippen LogP) is 2.53. The zero-order valence-corrected chi connectivity index (χ0v) is 10.9. The molecule has 0 N–H and O–H groups in total. The summed E-state index contributed by atoms with van der Waals surface area (Å²) < 4.78 is 23.3. The summed E-state index contributed by atoms with van der Waals surface area (Å²) in [7, 11) is 1.33. The van der Waals surface area contributed by atoms with Gasteiger partial charge in [-0.15, -0.1) is 10.2 Å². The van der Waals surface area contributed by atoms with Gasteiger partial charge in [-0.25, -0.2) is 4.39 Å². The number of hydrogen-bond acceptors (Lipinski definition) is 6. The molecular weight excluding hydrogens is 271 g/mol. The molecule has 19 heavy (non-hydrogen) atoms. The zero-order valence-electron chi connectivity index (χ0n) is 10.1. The number of carbonyl (C=O) groups is 1. The fourth-order valence-electron chi connectivity index (χ4n) is 1.34. The van der Waals surface area contributed by atoms with Crippen LogP contribution in [0.1, 0.15) is 6.42 Å². The number of aromatic nitrogens is 2. The normalized spacial score (nSPS) is 10.4. The molecule has 0 aliphatic heterocycles. The molecule has 1 aromatic carbocycles. The third-order valence-corrected chi connectivity index (χ3v) is 3.09. The van der Waals surface area contributed by atoms with E-state index in [1.807, 2.05) is 0 Å². The first-order chi connectivity index (χ1) is 9.20. The first-order valence-corrected chi connectivity index (χ1v) is 6.47. The first kappa shape index (κ1) is 13.5. The van der Waals surface area contributed by atoms with E-state index in [2.05, 4.69) is 14.9 Å². The molecule has 0 bridgehead atoms. The van der Waals surface area contributed by atoms with Gasteiger partial charge in [0.15, 0.2) is 0 Å². The average Bonchev–Trinajstić information content (AvgIpc) is 2.87. The number of halogens is 1. The van der Waals surface area contributed by atoms with Crippen LogP contribution in [0.15, 0.2) is 33.9 Å². The number of hydrogen-bond donors (Lipinski definition) is 0. The van der Waals surface area contributed by atoms with E-state index in [9.17, 15) is 9.18 Å². The van der Waals surface area contributed by atoms with Crippen molar-refractivity contribution in [2.24, 2.45) is 0 Å². The van der Waals surface area contributed by atoms with E-state index in [0.29, 0.717) is 11.0 Å². The molecular formula is C12H11FN2O3S. The fraction of sp³-hybridized carbons (Fsp3) is 0.250. The molecule has 100 valence electrons. The summed E-state index contributed by atoms with van der Waals surface area (Å²) in [5.74, 6) is -0.136. The van der Waals surface area contributed by atoms with Gasteiger partial charge in [-0.05, 0) is 12.1 Å². The first-order valence-electron chi connectivity index (χ1n) is 5.48. The lowest BCUT2D eigenvalue weighted by atomic mass is 10.2. The molecule has 0 amide bonds. The Labute approximate surface area is 113 Å². The van der Waals surface area contributed by atoms with Gasteiger partial charge >= 0.3 is 5.97 Å². The second-order valence-corrected chi connectivity index (χ2v) is 4.57. The minimum atomic E-state index is -0.419. The van der Waals surface area contributed by atoms with E-state index in [4.69, 9.17) is 4.42 Å². The summed E-state index contributed by atoms with van der Waals surface area (Å²) in [6.45, 7) is 0. The summed E-state index contributed by atoms with van der Waals surface area (Å²) in [6, 6.07) is 6.16. The number of carbonyl (C=O) groups excluding carboxylic acids is 1. The third-order valence-electron chi connectivity index (χ3n) is 2.27. The largest absolute Gasteiger partial charge is 0.469 e. The summed E-state index contributed by atoms with van der Waals surface area (Å²) >= 11 is 1.22. The molecule has 0 radical (unpaired) electrons. The Balaban J connectivity index is 2.00. The molecule has 0 saturated heterocycles. The lowest BCUT2D eigenvalue weighted by molar-refractivity contribution is -0.140. The van der Waals surface area contributed by atoms with Crippen molar-refractivity contribution in [1.82, 2.24) is 10.2 Å². The van der Waals surface area contributed by atoms with Crippen molar-refractivity contribution in [2.45, 2.75) is 11.6 Å². The highest BCUT2D eigenvalue weighted by Crippen LogP contribution is 2.25. The molecule has 0 atom stereocenters. The van der Waals surface area contributed by atoms with Gasteiger partial charge in [0.25, 0.3) is 11.1 Å². The second kappa shape index (κ2) is 6.33. The van der Waals surface area contributed by atoms with E-state index >= 15 is 0 Å². The zero-order chi connectivity index (χ0) is 13.7. The number of nitrogens with zero attached hydrogens (tertiary/aromatic N) is 2. The van der Waals surface area contributed by atoms with Crippen molar-refractivity contribution < 1.29 is 18.3 Å². The topological polar surface area (TPSA) is 65.2 Å². The number of methoxy groups -OCH3 is 1. The highest BCUT2D eigenvalue weighted by Gasteiger charge is 2.13. The van der Waals surface area contributed by atoms with Crippen LogP contribution in [-0.4, -0.2) is 29.0 Å². The van der Waals surface area contributed by atoms with Gasteiger partial charge in [-0.2, -0.15) is 0 Å². The van der Waals surface area contributed by atoms with Gasteiger partial charge < -0.3 is 9.15 Å². The fourth-order valence-corrected chi connectivity index (χ4v) is 2.02. The van der Waals surface area contributed by atoms with E-state index in [-0.39, 0.29) is 23.8 Å². The van der Waals surface area contributed by atoms with Crippen LogP contribution in [0.4, 0.5) is 4.39 Å². The van der Waals surface area contributed by atoms with Crippen molar-refractivity contribution in [3.05, 3.63) is 30.1 Å². The van der Waals surface area contributed by atoms with E-state index in [0.717, 1.165) is 0 Å². The summed E-state index contributed by atoms with van der Waals surface area (Å²) in [5.41, 5.74) is 0.259. The Kier molecular flexibility index (Phi) is 4.51. The van der Waals surface area contributed by atoms with Crippen LogP contribution in [0.25, 0.3) is 11.5 Å². The molecule has 5 nitrogen and oxygen atoms in total. The van der Waals surface area contributed by atoms with E-state index in [1.54, 1.807) is 18.2 Å². The predicted molar refractivity (Wildman–Crippen MR) is 67.0 cm³/mol. The summed E-state index contributed by atoms with van der Waals surface area (Å²) in [4.78, 5) is 10.9. The van der Waals surface area contributed by atoms with Crippen LogP contribution in [0.2, 0.25) is 0 Å². The molecule has 2 rings (SSSR count). The van der Waals surface area contributed by atoms with Crippen LogP contribution in [0.3, 0.4) is 0 Å². The molecule has 0 aliphatic carbocycles. The molecule has 0 aliphatic rings. The van der Waals surface area contributed by atoms with Crippen molar-refractivity contribution in [1.29, 1.82) is 0 Å². The van der Waals surface area contributed by atoms with Gasteiger partial charge in [-0.3, -0.25) is 4.79 Å². The molecule has 0 spiro atoms. The smallest absolute Gasteiger partial charge is 0.306 e. The summed E-state index contributed by atoms with van der Waals surface area (Å²) in [6.07, 6.45) is 0.249. The van der Waals surface area contributed by atoms with Gasteiger partial charge in [0, 0.05) is 5.75 Å². The highest BCUT2D eigenvalue weighted by atomic mass is 32.2. The number of rotatable bonds is 5. The lowest BCUT2D eigenvalue weighted by Gasteiger charge is -1.97. The molecule has 2 aromatic rings. The molecule has 7 heteroatoms. The Morgan fingerprint density at radius 1 is 1.42 bits per heavy atom. The highest BCUT2D eigenvalue weighted by molar-refractivity contribution is 7.99. The Bertz CT molecular complexity index is 574.